The van der Waals surface area contributed by atoms with E-state index in [-0.39, 0.29) is 4.90 Å². The van der Waals surface area contributed by atoms with Crippen LogP contribution in [0, 0.1) is 13.8 Å². The molecule has 0 saturated heterocycles. The Morgan fingerprint density at radius 3 is 2.30 bits per heavy atom. The van der Waals surface area contributed by atoms with E-state index in [9.17, 15) is 8.42 Å². The molecule has 0 aliphatic rings. The van der Waals surface area contributed by atoms with Gasteiger partial charge in [-0.25, -0.2) is 8.42 Å². The molecule has 0 aliphatic heterocycles. The van der Waals surface area contributed by atoms with Crippen LogP contribution in [0.2, 0.25) is 10.0 Å². The average Bonchev–Trinajstić information content (AvgIpc) is 2.36. The zero-order valence-corrected chi connectivity index (χ0v) is 13.3. The topological polar surface area (TPSA) is 46.2 Å². The smallest absolute Gasteiger partial charge is 0.262 e. The van der Waals surface area contributed by atoms with E-state index in [0.29, 0.717) is 21.3 Å². The summed E-state index contributed by atoms with van der Waals surface area (Å²) in [6, 6.07) is 9.87. The predicted octanol–water partition coefficient (Wildman–Crippen LogP) is 4.41. The minimum absolute atomic E-state index is 0.253. The Balaban J connectivity index is 2.40. The summed E-state index contributed by atoms with van der Waals surface area (Å²) in [4.78, 5) is 0.253. The standard InChI is InChI=1S/C14H13Cl2NO2S/c1-9-3-4-10(2)14(7-9)20(18,19)17-11-5-6-12(15)13(16)8-11/h3-8,17H,1-2H3. The molecule has 2 rings (SSSR count). The molecule has 0 fully saturated rings. The van der Waals surface area contributed by atoms with Crippen molar-refractivity contribution in [2.24, 2.45) is 0 Å². The predicted molar refractivity (Wildman–Crippen MR) is 83.2 cm³/mol. The monoisotopic (exact) mass is 329 g/mol. The molecule has 0 amide bonds. The van der Waals surface area contributed by atoms with Crippen LogP contribution in [0.4, 0.5) is 5.69 Å². The van der Waals surface area contributed by atoms with Gasteiger partial charge in [-0.15, -0.1) is 0 Å². The van der Waals surface area contributed by atoms with Crippen molar-refractivity contribution in [1.82, 2.24) is 0 Å². The molecule has 0 atom stereocenters. The van der Waals surface area contributed by atoms with Crippen molar-refractivity contribution in [2.75, 3.05) is 4.72 Å². The molecule has 106 valence electrons. The second-order valence-corrected chi connectivity index (χ2v) is 6.97. The number of hydrogen-bond donors (Lipinski definition) is 1. The maximum absolute atomic E-state index is 12.4. The minimum atomic E-state index is -3.65. The number of halogens is 2. The summed E-state index contributed by atoms with van der Waals surface area (Å²) in [6.45, 7) is 3.60. The minimum Gasteiger partial charge on any atom is -0.280 e. The van der Waals surface area contributed by atoms with Crippen molar-refractivity contribution in [2.45, 2.75) is 18.7 Å². The maximum atomic E-state index is 12.4. The first kappa shape index (κ1) is 15.2. The van der Waals surface area contributed by atoms with Gasteiger partial charge in [-0.05, 0) is 49.2 Å². The molecule has 0 heterocycles. The molecular weight excluding hydrogens is 317 g/mol. The van der Waals surface area contributed by atoms with E-state index in [2.05, 4.69) is 4.72 Å². The molecule has 2 aromatic rings. The molecule has 0 radical (unpaired) electrons. The summed E-state index contributed by atoms with van der Waals surface area (Å²) in [5.41, 5.74) is 1.94. The Kier molecular flexibility index (Phi) is 4.28. The van der Waals surface area contributed by atoms with Gasteiger partial charge in [0.2, 0.25) is 0 Å². The highest BCUT2D eigenvalue weighted by Gasteiger charge is 2.17. The number of anilines is 1. The Hall–Kier alpha value is -1.23. The van der Waals surface area contributed by atoms with E-state index >= 15 is 0 Å². The lowest BCUT2D eigenvalue weighted by Crippen LogP contribution is -2.14. The molecular formula is C14H13Cl2NO2S. The Bertz CT molecular complexity index is 758. The SMILES string of the molecule is Cc1ccc(C)c(S(=O)(=O)Nc2ccc(Cl)c(Cl)c2)c1. The molecule has 3 nitrogen and oxygen atoms in total. The van der Waals surface area contributed by atoms with Crippen LogP contribution in [0.1, 0.15) is 11.1 Å². The molecule has 20 heavy (non-hydrogen) atoms. The average molecular weight is 330 g/mol. The fourth-order valence-electron chi connectivity index (χ4n) is 1.77. The lowest BCUT2D eigenvalue weighted by Gasteiger charge is -2.11. The summed E-state index contributed by atoms with van der Waals surface area (Å²) in [7, 11) is -3.65. The van der Waals surface area contributed by atoms with Crippen molar-refractivity contribution in [3.05, 3.63) is 57.6 Å². The van der Waals surface area contributed by atoms with Crippen molar-refractivity contribution >= 4 is 38.9 Å². The van der Waals surface area contributed by atoms with Gasteiger partial charge in [0.15, 0.2) is 0 Å². The highest BCUT2D eigenvalue weighted by molar-refractivity contribution is 7.92. The van der Waals surface area contributed by atoms with Crippen LogP contribution in [0.3, 0.4) is 0 Å². The van der Waals surface area contributed by atoms with Crippen LogP contribution in [-0.4, -0.2) is 8.42 Å². The van der Waals surface area contributed by atoms with E-state index in [1.165, 1.54) is 6.07 Å². The maximum Gasteiger partial charge on any atom is 0.262 e. The molecule has 2 aromatic carbocycles. The third-order valence-corrected chi connectivity index (χ3v) is 5.07. The summed E-state index contributed by atoms with van der Waals surface area (Å²) < 4.78 is 27.3. The van der Waals surface area contributed by atoms with Gasteiger partial charge in [0.05, 0.1) is 20.6 Å². The van der Waals surface area contributed by atoms with Crippen LogP contribution in [0.15, 0.2) is 41.3 Å². The van der Waals surface area contributed by atoms with Gasteiger partial charge in [-0.3, -0.25) is 4.72 Å². The number of aryl methyl sites for hydroxylation is 2. The fraction of sp³-hybridized carbons (Fsp3) is 0.143. The van der Waals surface area contributed by atoms with Gasteiger partial charge in [-0.2, -0.15) is 0 Å². The zero-order chi connectivity index (χ0) is 14.9. The second kappa shape index (κ2) is 5.64. The molecule has 0 unspecified atom stereocenters. The Morgan fingerprint density at radius 2 is 1.65 bits per heavy atom. The summed E-state index contributed by atoms with van der Waals surface area (Å²) in [5, 5.41) is 0.675. The lowest BCUT2D eigenvalue weighted by atomic mass is 10.2. The quantitative estimate of drug-likeness (QED) is 0.906. The van der Waals surface area contributed by atoms with Crippen LogP contribution in [-0.2, 0) is 10.0 Å². The fourth-order valence-corrected chi connectivity index (χ4v) is 3.44. The largest absolute Gasteiger partial charge is 0.280 e. The molecule has 1 N–H and O–H groups in total. The van der Waals surface area contributed by atoms with E-state index in [4.69, 9.17) is 23.2 Å². The van der Waals surface area contributed by atoms with Crippen molar-refractivity contribution < 1.29 is 8.42 Å². The summed E-state index contributed by atoms with van der Waals surface area (Å²) in [5.74, 6) is 0. The molecule has 0 bridgehead atoms. The van der Waals surface area contributed by atoms with Gasteiger partial charge in [0.1, 0.15) is 0 Å². The van der Waals surface area contributed by atoms with E-state index in [1.807, 2.05) is 13.0 Å². The van der Waals surface area contributed by atoms with E-state index in [0.717, 1.165) is 5.56 Å². The molecule has 6 heteroatoms. The summed E-state index contributed by atoms with van der Waals surface area (Å²) in [6.07, 6.45) is 0. The molecule has 0 aliphatic carbocycles. The van der Waals surface area contributed by atoms with Crippen LogP contribution in [0.5, 0.6) is 0 Å². The van der Waals surface area contributed by atoms with Gasteiger partial charge in [0.25, 0.3) is 10.0 Å². The van der Waals surface area contributed by atoms with Gasteiger partial charge in [0, 0.05) is 0 Å². The first-order valence-corrected chi connectivity index (χ1v) is 8.08. The molecule has 0 aromatic heterocycles. The zero-order valence-electron chi connectivity index (χ0n) is 10.9. The van der Waals surface area contributed by atoms with Crippen LogP contribution in [0.25, 0.3) is 0 Å². The first-order valence-electron chi connectivity index (χ1n) is 5.85. The van der Waals surface area contributed by atoms with Crippen molar-refractivity contribution in [1.29, 1.82) is 0 Å². The van der Waals surface area contributed by atoms with Crippen LogP contribution < -0.4 is 4.72 Å². The Morgan fingerprint density at radius 1 is 0.950 bits per heavy atom. The van der Waals surface area contributed by atoms with Gasteiger partial charge >= 0.3 is 0 Å². The third kappa shape index (κ3) is 3.26. The Labute approximate surface area is 128 Å². The van der Waals surface area contributed by atoms with Crippen molar-refractivity contribution in [3.63, 3.8) is 0 Å². The lowest BCUT2D eigenvalue weighted by molar-refractivity contribution is 0.600. The van der Waals surface area contributed by atoms with E-state index in [1.54, 1.807) is 31.2 Å². The summed E-state index contributed by atoms with van der Waals surface area (Å²) >= 11 is 11.7. The van der Waals surface area contributed by atoms with Crippen LogP contribution >= 0.6 is 23.2 Å². The molecule has 0 saturated carbocycles. The number of nitrogens with one attached hydrogen (secondary N) is 1. The number of benzene rings is 2. The highest BCUT2D eigenvalue weighted by atomic mass is 35.5. The van der Waals surface area contributed by atoms with Crippen molar-refractivity contribution in [3.8, 4) is 0 Å². The normalized spacial score (nSPS) is 11.4. The third-order valence-electron chi connectivity index (χ3n) is 2.80. The van der Waals surface area contributed by atoms with Gasteiger partial charge < -0.3 is 0 Å². The second-order valence-electron chi connectivity index (χ2n) is 4.50. The van der Waals surface area contributed by atoms with E-state index < -0.39 is 10.0 Å². The number of hydrogen-bond acceptors (Lipinski definition) is 2. The first-order chi connectivity index (χ1) is 9.29. The number of rotatable bonds is 3. The highest BCUT2D eigenvalue weighted by Crippen LogP contribution is 2.27. The molecule has 0 spiro atoms. The van der Waals surface area contributed by atoms with Gasteiger partial charge in [-0.1, -0.05) is 35.3 Å². The number of sulfonamides is 1.